The molecule has 0 spiro atoms. The predicted octanol–water partition coefficient (Wildman–Crippen LogP) is 3.94. The molecule has 2 N–H and O–H groups in total. The van der Waals surface area contributed by atoms with Crippen LogP contribution in [0.4, 0.5) is 5.69 Å². The van der Waals surface area contributed by atoms with Crippen molar-refractivity contribution in [3.8, 4) is 11.5 Å². The van der Waals surface area contributed by atoms with Gasteiger partial charge in [-0.05, 0) is 60.4 Å². The van der Waals surface area contributed by atoms with Gasteiger partial charge in [-0.15, -0.1) is 0 Å². The van der Waals surface area contributed by atoms with E-state index in [2.05, 4.69) is 0 Å². The highest BCUT2D eigenvalue weighted by molar-refractivity contribution is 7.92. The highest BCUT2D eigenvalue weighted by Gasteiger charge is 2.29. The van der Waals surface area contributed by atoms with Crippen LogP contribution in [0.15, 0.2) is 65.6 Å². The summed E-state index contributed by atoms with van der Waals surface area (Å²) >= 11 is 6.25. The summed E-state index contributed by atoms with van der Waals surface area (Å²) < 4.78 is 38.8. The average molecular weight is 489 g/mol. The first-order chi connectivity index (χ1) is 15.7. The third-order valence-electron chi connectivity index (χ3n) is 5.19. The van der Waals surface area contributed by atoms with Gasteiger partial charge in [0.1, 0.15) is 6.54 Å². The average Bonchev–Trinajstić information content (AvgIpc) is 2.78. The van der Waals surface area contributed by atoms with Crippen molar-refractivity contribution >= 4 is 33.2 Å². The van der Waals surface area contributed by atoms with Crippen LogP contribution in [0, 0.1) is 6.92 Å². The van der Waals surface area contributed by atoms with E-state index < -0.39 is 22.5 Å². The summed E-state index contributed by atoms with van der Waals surface area (Å²) in [5.41, 5.74) is 8.46. The fourth-order valence-electron chi connectivity index (χ4n) is 3.50. The summed E-state index contributed by atoms with van der Waals surface area (Å²) in [6.07, 6.45) is 0.416. The van der Waals surface area contributed by atoms with Gasteiger partial charge >= 0.3 is 0 Å². The molecule has 0 aliphatic carbocycles. The molecule has 0 aromatic heterocycles. The Balaban J connectivity index is 2.16. The zero-order valence-electron chi connectivity index (χ0n) is 18.5. The molecular weight excluding hydrogens is 464 g/mol. The Hall–Kier alpha value is -3.23. The number of aryl methyl sites for hydroxylation is 1. The van der Waals surface area contributed by atoms with Gasteiger partial charge < -0.3 is 15.2 Å². The number of carbonyl (C=O) groups is 1. The second-order valence-corrected chi connectivity index (χ2v) is 9.67. The van der Waals surface area contributed by atoms with E-state index in [0.717, 1.165) is 15.4 Å². The number of amides is 1. The lowest BCUT2D eigenvalue weighted by Crippen LogP contribution is -2.39. The molecule has 0 aliphatic heterocycles. The molecule has 0 fully saturated rings. The van der Waals surface area contributed by atoms with Crippen molar-refractivity contribution in [2.24, 2.45) is 5.73 Å². The van der Waals surface area contributed by atoms with E-state index in [-0.39, 0.29) is 10.6 Å². The number of nitrogens with two attached hydrogens (primary N) is 1. The van der Waals surface area contributed by atoms with Gasteiger partial charge in [0.15, 0.2) is 11.5 Å². The predicted molar refractivity (Wildman–Crippen MR) is 129 cm³/mol. The van der Waals surface area contributed by atoms with Crippen LogP contribution < -0.4 is 19.5 Å². The van der Waals surface area contributed by atoms with Gasteiger partial charge in [-0.25, -0.2) is 8.42 Å². The molecular formula is C24H25ClN2O5S. The van der Waals surface area contributed by atoms with Crippen molar-refractivity contribution in [3.63, 3.8) is 0 Å². The topological polar surface area (TPSA) is 98.9 Å². The third-order valence-corrected chi connectivity index (χ3v) is 7.19. The van der Waals surface area contributed by atoms with Crippen LogP contribution in [0.1, 0.15) is 16.7 Å². The molecule has 174 valence electrons. The van der Waals surface area contributed by atoms with Crippen LogP contribution in [0.3, 0.4) is 0 Å². The monoisotopic (exact) mass is 488 g/mol. The summed E-state index contributed by atoms with van der Waals surface area (Å²) in [5.74, 6) is -0.172. The molecule has 0 radical (unpaired) electrons. The Morgan fingerprint density at radius 1 is 0.970 bits per heavy atom. The molecule has 3 rings (SSSR count). The van der Waals surface area contributed by atoms with Gasteiger partial charge in [0.05, 0.1) is 24.8 Å². The van der Waals surface area contributed by atoms with Crippen molar-refractivity contribution in [1.82, 2.24) is 0 Å². The summed E-state index contributed by atoms with van der Waals surface area (Å²) in [5, 5.41) is 0.449. The summed E-state index contributed by atoms with van der Waals surface area (Å²) in [6.45, 7) is 1.43. The summed E-state index contributed by atoms with van der Waals surface area (Å²) in [6, 6.07) is 16.9. The Kier molecular flexibility index (Phi) is 7.50. The van der Waals surface area contributed by atoms with Gasteiger partial charge in [0, 0.05) is 11.1 Å². The fraction of sp³-hybridized carbons (Fsp3) is 0.208. The molecule has 0 aliphatic rings. The minimum atomic E-state index is -4.19. The van der Waals surface area contributed by atoms with Crippen molar-refractivity contribution < 1.29 is 22.7 Å². The van der Waals surface area contributed by atoms with Gasteiger partial charge in [-0.1, -0.05) is 35.9 Å². The number of benzene rings is 3. The number of methoxy groups -OCH3 is 2. The Labute approximate surface area is 198 Å². The lowest BCUT2D eigenvalue weighted by atomic mass is 9.99. The number of sulfonamides is 1. The normalized spacial score (nSPS) is 11.2. The molecule has 9 heteroatoms. The quantitative estimate of drug-likeness (QED) is 0.492. The van der Waals surface area contributed by atoms with Crippen LogP contribution in [-0.2, 0) is 21.2 Å². The molecule has 33 heavy (non-hydrogen) atoms. The van der Waals surface area contributed by atoms with Gasteiger partial charge in [-0.3, -0.25) is 9.10 Å². The lowest BCUT2D eigenvalue weighted by Gasteiger charge is -2.26. The van der Waals surface area contributed by atoms with Crippen LogP contribution in [0.2, 0.25) is 5.02 Å². The number of rotatable bonds is 9. The van der Waals surface area contributed by atoms with E-state index in [1.807, 2.05) is 31.2 Å². The smallest absolute Gasteiger partial charge is 0.264 e. The highest BCUT2D eigenvalue weighted by Crippen LogP contribution is 2.34. The van der Waals surface area contributed by atoms with E-state index >= 15 is 0 Å². The maximum absolute atomic E-state index is 13.7. The van der Waals surface area contributed by atoms with Crippen LogP contribution in [0.25, 0.3) is 0 Å². The summed E-state index contributed by atoms with van der Waals surface area (Å²) in [4.78, 5) is 11.8. The van der Waals surface area contributed by atoms with E-state index in [0.29, 0.717) is 28.4 Å². The highest BCUT2D eigenvalue weighted by atomic mass is 35.5. The number of primary amides is 1. The van der Waals surface area contributed by atoms with Crippen molar-refractivity contribution in [3.05, 3.63) is 82.4 Å². The number of hydrogen-bond acceptors (Lipinski definition) is 5. The number of nitrogens with zero attached hydrogens (tertiary/aromatic N) is 1. The molecule has 0 bridgehead atoms. The third kappa shape index (κ3) is 5.40. The first kappa shape index (κ1) is 24.4. The van der Waals surface area contributed by atoms with Crippen LogP contribution in [-0.4, -0.2) is 35.1 Å². The molecule has 0 atom stereocenters. The Morgan fingerprint density at radius 2 is 1.67 bits per heavy atom. The molecule has 0 saturated carbocycles. The molecule has 1 amide bonds. The zero-order chi connectivity index (χ0) is 24.2. The van der Waals surface area contributed by atoms with E-state index in [1.54, 1.807) is 18.2 Å². The number of anilines is 1. The number of ether oxygens (including phenoxy) is 2. The van der Waals surface area contributed by atoms with E-state index in [1.165, 1.54) is 32.4 Å². The summed E-state index contributed by atoms with van der Waals surface area (Å²) in [7, 11) is -1.32. The zero-order valence-corrected chi connectivity index (χ0v) is 20.1. The molecule has 0 heterocycles. The lowest BCUT2D eigenvalue weighted by molar-refractivity contribution is -0.116. The number of halogens is 1. The van der Waals surface area contributed by atoms with Crippen molar-refractivity contribution in [2.75, 3.05) is 25.1 Å². The van der Waals surface area contributed by atoms with Gasteiger partial charge in [-0.2, -0.15) is 0 Å². The molecule has 0 unspecified atom stereocenters. The van der Waals surface area contributed by atoms with Crippen molar-refractivity contribution in [2.45, 2.75) is 18.2 Å². The van der Waals surface area contributed by atoms with Crippen LogP contribution in [0.5, 0.6) is 11.5 Å². The van der Waals surface area contributed by atoms with Gasteiger partial charge in [0.2, 0.25) is 5.91 Å². The van der Waals surface area contributed by atoms with E-state index in [4.69, 9.17) is 26.8 Å². The number of carbonyl (C=O) groups excluding carboxylic acids is 1. The Morgan fingerprint density at radius 3 is 2.30 bits per heavy atom. The molecule has 0 saturated heterocycles. The maximum atomic E-state index is 13.7. The Bertz CT molecular complexity index is 1280. The van der Waals surface area contributed by atoms with E-state index in [9.17, 15) is 13.2 Å². The van der Waals surface area contributed by atoms with Crippen LogP contribution >= 0.6 is 11.6 Å². The second kappa shape index (κ2) is 10.1. The standard InChI is InChI=1S/C24H25ClN2O5S/c1-16-6-4-5-7-17(16)12-18-13-19(25)8-10-21(18)27(15-24(26)28)33(29,30)20-9-11-22(31-2)23(14-20)32-3/h4-11,13-14H,12,15H2,1-3H3,(H2,26,28). The minimum absolute atomic E-state index is 0.0711. The first-order valence-corrected chi connectivity index (χ1v) is 11.8. The largest absolute Gasteiger partial charge is 0.493 e. The molecule has 3 aromatic carbocycles. The number of hydrogen-bond donors (Lipinski definition) is 1. The fourth-order valence-corrected chi connectivity index (χ4v) is 5.18. The molecule has 7 nitrogen and oxygen atoms in total. The first-order valence-electron chi connectivity index (χ1n) is 10.0. The second-order valence-electron chi connectivity index (χ2n) is 7.37. The van der Waals surface area contributed by atoms with Gasteiger partial charge in [0.25, 0.3) is 10.0 Å². The maximum Gasteiger partial charge on any atom is 0.264 e. The van der Waals surface area contributed by atoms with Crippen molar-refractivity contribution in [1.29, 1.82) is 0 Å². The molecule has 3 aromatic rings. The minimum Gasteiger partial charge on any atom is -0.493 e. The SMILES string of the molecule is COc1ccc(S(=O)(=O)N(CC(N)=O)c2ccc(Cl)cc2Cc2ccccc2C)cc1OC.